The topological polar surface area (TPSA) is 76.2 Å². The van der Waals surface area contributed by atoms with Crippen LogP contribution in [0.3, 0.4) is 0 Å². The molecule has 0 atom stereocenters. The Morgan fingerprint density at radius 3 is 2.68 bits per heavy atom. The molecule has 0 fully saturated rings. The Labute approximate surface area is 122 Å². The van der Waals surface area contributed by atoms with Crippen LogP contribution in [0.5, 0.6) is 11.5 Å². The maximum absolute atomic E-state index is 10.9. The monoisotopic (exact) mass is 366 g/mol. The summed E-state index contributed by atoms with van der Waals surface area (Å²) in [5, 5.41) is 19.7. The first-order valence-corrected chi connectivity index (χ1v) is 6.30. The van der Waals surface area contributed by atoms with Crippen LogP contribution >= 0.6 is 22.6 Å². The molecular formula is C13H7IN2O3. The first-order valence-electron chi connectivity index (χ1n) is 5.22. The van der Waals surface area contributed by atoms with Crippen LogP contribution in [-0.4, -0.2) is 4.92 Å². The number of nitrogens with zero attached hydrogens (tertiary/aromatic N) is 2. The first-order chi connectivity index (χ1) is 9.10. The molecule has 2 rings (SSSR count). The lowest BCUT2D eigenvalue weighted by atomic mass is 10.2. The summed E-state index contributed by atoms with van der Waals surface area (Å²) < 4.78 is 6.45. The van der Waals surface area contributed by atoms with Gasteiger partial charge < -0.3 is 4.74 Å². The molecule has 0 unspecified atom stereocenters. The molecule has 5 nitrogen and oxygen atoms in total. The largest absolute Gasteiger partial charge is 0.450 e. The van der Waals surface area contributed by atoms with Crippen molar-refractivity contribution in [3.05, 3.63) is 61.7 Å². The average Bonchev–Trinajstić information content (AvgIpc) is 2.38. The normalized spacial score (nSPS) is 9.68. The molecule has 0 saturated heterocycles. The van der Waals surface area contributed by atoms with Crippen molar-refractivity contribution in [2.75, 3.05) is 0 Å². The summed E-state index contributed by atoms with van der Waals surface area (Å²) in [6.45, 7) is 0. The van der Waals surface area contributed by atoms with Crippen molar-refractivity contribution in [2.24, 2.45) is 0 Å². The van der Waals surface area contributed by atoms with Crippen molar-refractivity contribution in [3.63, 3.8) is 0 Å². The fourth-order valence-corrected chi connectivity index (χ4v) is 1.99. The van der Waals surface area contributed by atoms with Crippen molar-refractivity contribution in [1.82, 2.24) is 0 Å². The number of nitro groups is 1. The zero-order valence-electron chi connectivity index (χ0n) is 9.54. The Morgan fingerprint density at radius 2 is 2.05 bits per heavy atom. The molecule has 0 aliphatic carbocycles. The Hall–Kier alpha value is -2.14. The van der Waals surface area contributed by atoms with E-state index in [9.17, 15) is 10.1 Å². The highest BCUT2D eigenvalue weighted by Gasteiger charge is 2.16. The van der Waals surface area contributed by atoms with Gasteiger partial charge >= 0.3 is 5.69 Å². The minimum atomic E-state index is -0.537. The molecule has 0 aromatic heterocycles. The summed E-state index contributed by atoms with van der Waals surface area (Å²) in [5.41, 5.74) is 0.143. The van der Waals surface area contributed by atoms with Crippen LogP contribution in [0.15, 0.2) is 42.5 Å². The number of nitro benzene ring substituents is 1. The SMILES string of the molecule is N#Cc1ccc([N+](=O)[O-])c(Oc2cccc(I)c2)c1. The number of hydrogen-bond acceptors (Lipinski definition) is 4. The van der Waals surface area contributed by atoms with E-state index in [4.69, 9.17) is 10.00 Å². The van der Waals surface area contributed by atoms with E-state index in [1.54, 1.807) is 18.2 Å². The fraction of sp³-hybridized carbons (Fsp3) is 0. The summed E-state index contributed by atoms with van der Waals surface area (Å²) >= 11 is 2.12. The van der Waals surface area contributed by atoms with Gasteiger partial charge in [-0.1, -0.05) is 6.07 Å². The third kappa shape index (κ3) is 3.20. The van der Waals surface area contributed by atoms with E-state index >= 15 is 0 Å². The number of hydrogen-bond donors (Lipinski definition) is 0. The number of benzene rings is 2. The molecule has 2 aromatic carbocycles. The van der Waals surface area contributed by atoms with Crippen molar-refractivity contribution < 1.29 is 9.66 Å². The minimum Gasteiger partial charge on any atom is -0.450 e. The maximum atomic E-state index is 10.9. The lowest BCUT2D eigenvalue weighted by Gasteiger charge is -2.06. The lowest BCUT2D eigenvalue weighted by molar-refractivity contribution is -0.385. The van der Waals surface area contributed by atoms with Gasteiger partial charge in [-0.2, -0.15) is 5.26 Å². The number of ether oxygens (including phenoxy) is 1. The van der Waals surface area contributed by atoms with Crippen LogP contribution in [0, 0.1) is 25.0 Å². The fourth-order valence-electron chi connectivity index (χ4n) is 1.47. The van der Waals surface area contributed by atoms with Gasteiger partial charge in [0, 0.05) is 15.7 Å². The van der Waals surface area contributed by atoms with E-state index in [-0.39, 0.29) is 11.4 Å². The van der Waals surface area contributed by atoms with E-state index in [0.717, 1.165) is 3.57 Å². The van der Waals surface area contributed by atoms with Crippen molar-refractivity contribution in [3.8, 4) is 17.6 Å². The van der Waals surface area contributed by atoms with E-state index < -0.39 is 4.92 Å². The van der Waals surface area contributed by atoms with Gasteiger partial charge in [-0.3, -0.25) is 10.1 Å². The van der Waals surface area contributed by atoms with Gasteiger partial charge in [-0.25, -0.2) is 0 Å². The van der Waals surface area contributed by atoms with Gasteiger partial charge in [-0.15, -0.1) is 0 Å². The molecule has 0 aliphatic rings. The molecule has 2 aromatic rings. The van der Waals surface area contributed by atoms with Crippen LogP contribution < -0.4 is 4.74 Å². The van der Waals surface area contributed by atoms with Gasteiger partial charge in [-0.05, 0) is 46.9 Å². The second-order valence-electron chi connectivity index (χ2n) is 3.61. The highest BCUT2D eigenvalue weighted by molar-refractivity contribution is 14.1. The molecule has 0 amide bonds. The standard InChI is InChI=1S/C13H7IN2O3/c14-10-2-1-3-11(7-10)19-13-6-9(8-15)4-5-12(13)16(17)18/h1-7H. The zero-order valence-corrected chi connectivity index (χ0v) is 11.7. The number of nitriles is 1. The molecule has 0 aliphatic heterocycles. The molecule has 94 valence electrons. The molecular weight excluding hydrogens is 359 g/mol. The predicted molar refractivity (Wildman–Crippen MR) is 77.0 cm³/mol. The summed E-state index contributed by atoms with van der Waals surface area (Å²) in [6, 6.07) is 13.1. The molecule has 6 heteroatoms. The number of rotatable bonds is 3. The Kier molecular flexibility index (Phi) is 3.97. The van der Waals surface area contributed by atoms with Crippen LogP contribution in [0.1, 0.15) is 5.56 Å². The second-order valence-corrected chi connectivity index (χ2v) is 4.86. The summed E-state index contributed by atoms with van der Waals surface area (Å²) in [4.78, 5) is 10.4. The highest BCUT2D eigenvalue weighted by Crippen LogP contribution is 2.32. The van der Waals surface area contributed by atoms with E-state index in [2.05, 4.69) is 22.6 Å². The van der Waals surface area contributed by atoms with E-state index in [1.165, 1.54) is 18.2 Å². The third-order valence-electron chi connectivity index (χ3n) is 2.31. The first kappa shape index (κ1) is 13.3. The maximum Gasteiger partial charge on any atom is 0.311 e. The molecule has 0 heterocycles. The number of halogens is 1. The van der Waals surface area contributed by atoms with Crippen LogP contribution in [0.25, 0.3) is 0 Å². The molecule has 0 saturated carbocycles. The average molecular weight is 366 g/mol. The predicted octanol–water partition coefficient (Wildman–Crippen LogP) is 3.86. The van der Waals surface area contributed by atoms with Crippen LogP contribution in [0.4, 0.5) is 5.69 Å². The summed E-state index contributed by atoms with van der Waals surface area (Å²) in [6.07, 6.45) is 0. The van der Waals surface area contributed by atoms with Crippen LogP contribution in [0.2, 0.25) is 0 Å². The molecule has 19 heavy (non-hydrogen) atoms. The Morgan fingerprint density at radius 1 is 1.26 bits per heavy atom. The minimum absolute atomic E-state index is 0.0612. The van der Waals surface area contributed by atoms with E-state index in [1.807, 2.05) is 12.1 Å². The molecule has 0 radical (unpaired) electrons. The highest BCUT2D eigenvalue weighted by atomic mass is 127. The smallest absolute Gasteiger partial charge is 0.311 e. The van der Waals surface area contributed by atoms with Crippen molar-refractivity contribution in [2.45, 2.75) is 0 Å². The van der Waals surface area contributed by atoms with Gasteiger partial charge in [0.1, 0.15) is 5.75 Å². The third-order valence-corrected chi connectivity index (χ3v) is 2.98. The van der Waals surface area contributed by atoms with Crippen molar-refractivity contribution in [1.29, 1.82) is 5.26 Å². The molecule has 0 N–H and O–H groups in total. The summed E-state index contributed by atoms with van der Waals surface area (Å²) in [7, 11) is 0. The zero-order chi connectivity index (χ0) is 13.8. The van der Waals surface area contributed by atoms with Gasteiger partial charge in [0.2, 0.25) is 5.75 Å². The van der Waals surface area contributed by atoms with Gasteiger partial charge in [0.25, 0.3) is 0 Å². The Balaban J connectivity index is 2.43. The molecule has 0 bridgehead atoms. The van der Waals surface area contributed by atoms with E-state index in [0.29, 0.717) is 11.3 Å². The summed E-state index contributed by atoms with van der Waals surface area (Å²) in [5.74, 6) is 0.552. The molecule has 0 spiro atoms. The van der Waals surface area contributed by atoms with Gasteiger partial charge in [0.15, 0.2) is 0 Å². The Bertz CT molecular complexity index is 680. The van der Waals surface area contributed by atoms with Crippen molar-refractivity contribution >= 4 is 28.3 Å². The van der Waals surface area contributed by atoms with Gasteiger partial charge in [0.05, 0.1) is 16.6 Å². The second kappa shape index (κ2) is 5.67. The lowest BCUT2D eigenvalue weighted by Crippen LogP contribution is -1.94. The van der Waals surface area contributed by atoms with Crippen LogP contribution in [-0.2, 0) is 0 Å². The quantitative estimate of drug-likeness (QED) is 0.470.